The van der Waals surface area contributed by atoms with E-state index in [-0.39, 0.29) is 11.7 Å². The summed E-state index contributed by atoms with van der Waals surface area (Å²) < 4.78 is 13.0. The summed E-state index contributed by atoms with van der Waals surface area (Å²) in [5.41, 5.74) is 1.60. The van der Waals surface area contributed by atoms with Crippen molar-refractivity contribution in [1.29, 1.82) is 0 Å². The van der Waals surface area contributed by atoms with E-state index in [9.17, 15) is 9.18 Å². The normalized spacial score (nSPS) is 14.9. The second-order valence-corrected chi connectivity index (χ2v) is 7.72. The molecule has 1 saturated heterocycles. The number of amides is 1. The van der Waals surface area contributed by atoms with Crippen LogP contribution in [-0.4, -0.2) is 53.5 Å². The maximum absolute atomic E-state index is 13.0. The Labute approximate surface area is 180 Å². The number of nitrogens with one attached hydrogen (secondary N) is 2. The van der Waals surface area contributed by atoms with E-state index in [0.29, 0.717) is 23.9 Å². The third kappa shape index (κ3) is 6.66. The molecule has 3 rings (SSSR count). The number of carbonyl (C=O) groups excluding carboxylic acids is 1. The summed E-state index contributed by atoms with van der Waals surface area (Å²) in [5, 5.41) is 7.49. The minimum Gasteiger partial charge on any atom is -0.358 e. The standard InChI is InChI=1S/C21H24ClFN4OS/c22-19-5-2-1-4-16(19)14-24-21(29)27-11-3-10-26(12-13-27)15-20(28)25-18-8-6-17(23)7-9-18/h1-2,4-9H,3,10-15H2,(H,24,29)(H,25,28). The number of carbonyl (C=O) groups is 1. The lowest BCUT2D eigenvalue weighted by molar-refractivity contribution is -0.117. The zero-order valence-corrected chi connectivity index (χ0v) is 17.6. The number of benzene rings is 2. The second kappa shape index (κ2) is 10.5. The Kier molecular flexibility index (Phi) is 7.80. The van der Waals surface area contributed by atoms with Gasteiger partial charge in [-0.3, -0.25) is 9.69 Å². The van der Waals surface area contributed by atoms with Gasteiger partial charge in [-0.2, -0.15) is 0 Å². The number of thiocarbonyl (C=S) groups is 1. The first-order chi connectivity index (χ1) is 14.0. The van der Waals surface area contributed by atoms with E-state index in [1.165, 1.54) is 12.1 Å². The fourth-order valence-electron chi connectivity index (χ4n) is 3.19. The van der Waals surface area contributed by atoms with E-state index in [0.717, 1.165) is 43.2 Å². The van der Waals surface area contributed by atoms with Crippen molar-refractivity contribution in [1.82, 2.24) is 15.1 Å². The number of rotatable bonds is 5. The molecule has 0 radical (unpaired) electrons. The van der Waals surface area contributed by atoms with E-state index in [1.807, 2.05) is 24.3 Å². The maximum atomic E-state index is 13.0. The van der Waals surface area contributed by atoms with Gasteiger partial charge in [0.15, 0.2) is 5.11 Å². The molecule has 29 heavy (non-hydrogen) atoms. The molecule has 2 N–H and O–H groups in total. The van der Waals surface area contributed by atoms with Gasteiger partial charge < -0.3 is 15.5 Å². The van der Waals surface area contributed by atoms with Gasteiger partial charge in [0.1, 0.15) is 5.82 Å². The van der Waals surface area contributed by atoms with E-state index < -0.39 is 0 Å². The largest absolute Gasteiger partial charge is 0.358 e. The molecule has 1 aliphatic rings. The highest BCUT2D eigenvalue weighted by Crippen LogP contribution is 2.14. The highest BCUT2D eigenvalue weighted by molar-refractivity contribution is 7.80. The third-order valence-corrected chi connectivity index (χ3v) is 5.53. The van der Waals surface area contributed by atoms with Crippen LogP contribution in [0.25, 0.3) is 0 Å². The van der Waals surface area contributed by atoms with Gasteiger partial charge in [-0.1, -0.05) is 29.8 Å². The Bertz CT molecular complexity index is 849. The smallest absolute Gasteiger partial charge is 0.238 e. The first kappa shape index (κ1) is 21.5. The molecule has 1 fully saturated rings. The van der Waals surface area contributed by atoms with Gasteiger partial charge >= 0.3 is 0 Å². The number of nitrogens with zero attached hydrogens (tertiary/aromatic N) is 2. The molecule has 1 aliphatic heterocycles. The molecule has 0 unspecified atom stereocenters. The summed E-state index contributed by atoms with van der Waals surface area (Å²) in [6.45, 7) is 4.03. The Hall–Kier alpha value is -2.22. The second-order valence-electron chi connectivity index (χ2n) is 6.92. The van der Waals surface area contributed by atoms with Crippen molar-refractivity contribution in [3.8, 4) is 0 Å². The fourth-order valence-corrected chi connectivity index (χ4v) is 3.65. The molecule has 1 amide bonds. The topological polar surface area (TPSA) is 47.6 Å². The van der Waals surface area contributed by atoms with Gasteiger partial charge in [-0.15, -0.1) is 0 Å². The van der Waals surface area contributed by atoms with Crippen molar-refractivity contribution in [2.75, 3.05) is 38.0 Å². The first-order valence-corrected chi connectivity index (χ1v) is 10.3. The maximum Gasteiger partial charge on any atom is 0.238 e. The number of halogens is 2. The number of hydrogen-bond donors (Lipinski definition) is 2. The molecule has 1 heterocycles. The lowest BCUT2D eigenvalue weighted by atomic mass is 10.2. The Morgan fingerprint density at radius 3 is 2.59 bits per heavy atom. The predicted octanol–water partition coefficient (Wildman–Crippen LogP) is 3.50. The van der Waals surface area contributed by atoms with Gasteiger partial charge in [0.25, 0.3) is 0 Å². The van der Waals surface area contributed by atoms with Crippen molar-refractivity contribution in [3.63, 3.8) is 0 Å². The van der Waals surface area contributed by atoms with Crippen molar-refractivity contribution in [2.24, 2.45) is 0 Å². The summed E-state index contributed by atoms with van der Waals surface area (Å²) in [6, 6.07) is 13.5. The minimum atomic E-state index is -0.324. The molecule has 0 bridgehead atoms. The van der Waals surface area contributed by atoms with Crippen LogP contribution in [0.2, 0.25) is 5.02 Å². The number of anilines is 1. The molecule has 8 heteroatoms. The van der Waals surface area contributed by atoms with Crippen molar-refractivity contribution < 1.29 is 9.18 Å². The van der Waals surface area contributed by atoms with E-state index in [1.54, 1.807) is 12.1 Å². The van der Waals surface area contributed by atoms with Gasteiger partial charge in [0.05, 0.1) is 6.54 Å². The highest BCUT2D eigenvalue weighted by Gasteiger charge is 2.19. The summed E-state index contributed by atoms with van der Waals surface area (Å²) in [6.07, 6.45) is 0.914. The minimum absolute atomic E-state index is 0.107. The third-order valence-electron chi connectivity index (χ3n) is 4.76. The van der Waals surface area contributed by atoms with Crippen LogP contribution in [0.15, 0.2) is 48.5 Å². The monoisotopic (exact) mass is 434 g/mol. The summed E-state index contributed by atoms with van der Waals surface area (Å²) in [5.74, 6) is -0.431. The number of hydrogen-bond acceptors (Lipinski definition) is 3. The van der Waals surface area contributed by atoms with Crippen molar-refractivity contribution in [3.05, 3.63) is 64.9 Å². The van der Waals surface area contributed by atoms with Gasteiger partial charge in [0, 0.05) is 43.4 Å². The fraction of sp³-hybridized carbons (Fsp3) is 0.333. The molecule has 0 atom stereocenters. The van der Waals surface area contributed by atoms with Crippen LogP contribution >= 0.6 is 23.8 Å². The van der Waals surface area contributed by atoms with Crippen molar-refractivity contribution >= 4 is 40.5 Å². The zero-order valence-electron chi connectivity index (χ0n) is 16.0. The Balaban J connectivity index is 1.44. The van der Waals surface area contributed by atoms with E-state index >= 15 is 0 Å². The van der Waals surface area contributed by atoms with Crippen LogP contribution in [0.5, 0.6) is 0 Å². The van der Waals surface area contributed by atoms with Crippen LogP contribution in [0.4, 0.5) is 10.1 Å². The molecule has 154 valence electrons. The molecule has 2 aromatic rings. The summed E-state index contributed by atoms with van der Waals surface area (Å²) >= 11 is 11.7. The van der Waals surface area contributed by atoms with Crippen LogP contribution in [0.1, 0.15) is 12.0 Å². The predicted molar refractivity (Wildman–Crippen MR) is 119 cm³/mol. The average Bonchev–Trinajstić information content (AvgIpc) is 2.94. The zero-order chi connectivity index (χ0) is 20.6. The summed E-state index contributed by atoms with van der Waals surface area (Å²) in [4.78, 5) is 16.5. The van der Waals surface area contributed by atoms with Crippen molar-refractivity contribution in [2.45, 2.75) is 13.0 Å². The highest BCUT2D eigenvalue weighted by atomic mass is 35.5. The van der Waals surface area contributed by atoms with E-state index in [4.69, 9.17) is 23.8 Å². The van der Waals surface area contributed by atoms with Gasteiger partial charge in [0.2, 0.25) is 5.91 Å². The molecule has 0 aliphatic carbocycles. The lowest BCUT2D eigenvalue weighted by Gasteiger charge is -2.24. The lowest BCUT2D eigenvalue weighted by Crippen LogP contribution is -2.42. The van der Waals surface area contributed by atoms with E-state index in [2.05, 4.69) is 20.4 Å². The van der Waals surface area contributed by atoms with Crippen LogP contribution in [0, 0.1) is 5.82 Å². The first-order valence-electron chi connectivity index (χ1n) is 9.55. The van der Waals surface area contributed by atoms with Crippen LogP contribution in [-0.2, 0) is 11.3 Å². The summed E-state index contributed by atoms with van der Waals surface area (Å²) in [7, 11) is 0. The molecule has 5 nitrogen and oxygen atoms in total. The SMILES string of the molecule is O=C(CN1CCCN(C(=S)NCc2ccccc2Cl)CC1)Nc1ccc(F)cc1. The average molecular weight is 435 g/mol. The molecule has 0 aromatic heterocycles. The quantitative estimate of drug-likeness (QED) is 0.705. The molecule has 0 saturated carbocycles. The van der Waals surface area contributed by atoms with Crippen LogP contribution in [0.3, 0.4) is 0 Å². The van der Waals surface area contributed by atoms with Crippen LogP contribution < -0.4 is 10.6 Å². The molecular weight excluding hydrogens is 411 g/mol. The Morgan fingerprint density at radius 2 is 1.83 bits per heavy atom. The molecule has 2 aromatic carbocycles. The Morgan fingerprint density at radius 1 is 1.07 bits per heavy atom. The van der Waals surface area contributed by atoms with Gasteiger partial charge in [-0.05, 0) is 54.5 Å². The molecule has 0 spiro atoms. The van der Waals surface area contributed by atoms with Gasteiger partial charge in [-0.25, -0.2) is 4.39 Å². The molecular formula is C21H24ClFN4OS.